The predicted molar refractivity (Wildman–Crippen MR) is 61.0 cm³/mol. The van der Waals surface area contributed by atoms with Crippen LogP contribution >= 0.6 is 0 Å². The summed E-state index contributed by atoms with van der Waals surface area (Å²) in [6.45, 7) is 2.39. The van der Waals surface area contributed by atoms with Gasteiger partial charge in [-0.1, -0.05) is 6.92 Å². The lowest BCUT2D eigenvalue weighted by molar-refractivity contribution is -0.137. The summed E-state index contributed by atoms with van der Waals surface area (Å²) in [7, 11) is 0. The van der Waals surface area contributed by atoms with Gasteiger partial charge >= 0.3 is 6.18 Å². The van der Waals surface area contributed by atoms with Gasteiger partial charge in [-0.05, 0) is 36.5 Å². The molecule has 104 valence electrons. The van der Waals surface area contributed by atoms with Crippen LogP contribution in [0.2, 0.25) is 0 Å². The van der Waals surface area contributed by atoms with Crippen LogP contribution in [0.25, 0.3) is 0 Å². The van der Waals surface area contributed by atoms with Gasteiger partial charge in [0.25, 0.3) is 5.91 Å². The van der Waals surface area contributed by atoms with Gasteiger partial charge in [0.15, 0.2) is 0 Å². The summed E-state index contributed by atoms with van der Waals surface area (Å²) >= 11 is 0. The number of benzene rings is 1. The highest BCUT2D eigenvalue weighted by atomic mass is 19.4. The highest BCUT2D eigenvalue weighted by Crippen LogP contribution is 2.36. The van der Waals surface area contributed by atoms with E-state index >= 15 is 0 Å². The molecule has 0 aromatic heterocycles. The first-order valence-corrected chi connectivity index (χ1v) is 5.94. The fourth-order valence-corrected chi connectivity index (χ4v) is 1.88. The Labute approximate surface area is 107 Å². The maximum absolute atomic E-state index is 13.4. The van der Waals surface area contributed by atoms with Crippen molar-refractivity contribution in [1.82, 2.24) is 5.32 Å². The summed E-state index contributed by atoms with van der Waals surface area (Å²) in [4.78, 5) is 11.7. The van der Waals surface area contributed by atoms with Crippen LogP contribution in [0.5, 0.6) is 0 Å². The summed E-state index contributed by atoms with van der Waals surface area (Å²) in [6.07, 6.45) is -3.61. The predicted octanol–water partition coefficient (Wildman–Crippen LogP) is 3.23. The molecule has 1 amide bonds. The molecule has 2 nitrogen and oxygen atoms in total. The highest BCUT2D eigenvalue weighted by molar-refractivity contribution is 5.94. The fraction of sp³-hybridized carbons (Fsp3) is 0.462. The number of alkyl halides is 3. The molecule has 0 bridgehead atoms. The molecule has 0 aliphatic heterocycles. The Morgan fingerprint density at radius 3 is 2.58 bits per heavy atom. The Hall–Kier alpha value is -1.59. The zero-order valence-corrected chi connectivity index (χ0v) is 10.2. The molecule has 1 N–H and O–H groups in total. The van der Waals surface area contributed by atoms with Crippen LogP contribution in [0.15, 0.2) is 18.2 Å². The molecule has 19 heavy (non-hydrogen) atoms. The maximum Gasteiger partial charge on any atom is 0.416 e. The Morgan fingerprint density at radius 1 is 1.42 bits per heavy atom. The van der Waals surface area contributed by atoms with Crippen molar-refractivity contribution in [3.8, 4) is 0 Å². The van der Waals surface area contributed by atoms with Gasteiger partial charge < -0.3 is 5.32 Å². The normalized spacial score (nSPS) is 22.2. The largest absolute Gasteiger partial charge is 0.416 e. The minimum atomic E-state index is -4.59. The Morgan fingerprint density at radius 2 is 2.05 bits per heavy atom. The molecule has 2 atom stereocenters. The lowest BCUT2D eigenvalue weighted by atomic mass is 10.1. The highest BCUT2D eigenvalue weighted by Gasteiger charge is 2.34. The van der Waals surface area contributed by atoms with E-state index in [1.807, 2.05) is 6.92 Å². The first kappa shape index (κ1) is 13.8. The molecule has 2 unspecified atom stereocenters. The van der Waals surface area contributed by atoms with Crippen molar-refractivity contribution in [3.63, 3.8) is 0 Å². The second-order valence-corrected chi connectivity index (χ2v) is 4.88. The first-order chi connectivity index (χ1) is 8.79. The number of carbonyl (C=O) groups is 1. The van der Waals surface area contributed by atoms with E-state index in [0.717, 1.165) is 6.42 Å². The van der Waals surface area contributed by atoms with Crippen LogP contribution in [0.4, 0.5) is 17.6 Å². The molecular formula is C13H13F4NO. The van der Waals surface area contributed by atoms with Crippen LogP contribution in [-0.2, 0) is 6.18 Å². The van der Waals surface area contributed by atoms with Gasteiger partial charge in [0.1, 0.15) is 5.82 Å². The molecule has 1 aliphatic rings. The van der Waals surface area contributed by atoms with Crippen LogP contribution < -0.4 is 5.32 Å². The van der Waals surface area contributed by atoms with Crippen molar-refractivity contribution in [2.45, 2.75) is 19.5 Å². The SMILES string of the molecule is CC1CC1CNC(=O)c1cc(C(F)(F)F)ccc1F. The Bertz CT molecular complexity index is 498. The van der Waals surface area contributed by atoms with E-state index in [9.17, 15) is 22.4 Å². The summed E-state index contributed by atoms with van der Waals surface area (Å²) in [5.41, 5.74) is -1.60. The third-order valence-electron chi connectivity index (χ3n) is 3.34. The number of amides is 1. The van der Waals surface area contributed by atoms with Crippen LogP contribution in [0, 0.1) is 17.7 Å². The van der Waals surface area contributed by atoms with Gasteiger partial charge in [0, 0.05) is 6.54 Å². The van der Waals surface area contributed by atoms with Crippen molar-refractivity contribution in [2.24, 2.45) is 11.8 Å². The van der Waals surface area contributed by atoms with Crippen molar-refractivity contribution in [1.29, 1.82) is 0 Å². The molecular weight excluding hydrogens is 262 g/mol. The van der Waals surface area contributed by atoms with Gasteiger partial charge in [-0.15, -0.1) is 0 Å². The average molecular weight is 275 g/mol. The summed E-state index contributed by atoms with van der Waals surface area (Å²) in [5, 5.41) is 2.46. The van der Waals surface area contributed by atoms with Crippen molar-refractivity contribution in [2.75, 3.05) is 6.54 Å². The standard InChI is InChI=1S/C13H13F4NO/c1-7-4-8(7)6-18-12(19)10-5-9(13(15,16)17)2-3-11(10)14/h2-3,5,7-8H,4,6H2,1H3,(H,18,19). The zero-order chi connectivity index (χ0) is 14.2. The molecule has 1 aromatic rings. The van der Waals surface area contributed by atoms with E-state index in [1.54, 1.807) is 0 Å². The monoisotopic (exact) mass is 275 g/mol. The molecule has 1 aliphatic carbocycles. The number of hydrogen-bond acceptors (Lipinski definition) is 1. The number of carbonyl (C=O) groups excluding carboxylic acids is 1. The maximum atomic E-state index is 13.4. The zero-order valence-electron chi connectivity index (χ0n) is 10.2. The third kappa shape index (κ3) is 3.24. The topological polar surface area (TPSA) is 29.1 Å². The summed E-state index contributed by atoms with van der Waals surface area (Å²) < 4.78 is 50.8. The van der Waals surface area contributed by atoms with Crippen molar-refractivity contribution >= 4 is 5.91 Å². The van der Waals surface area contributed by atoms with E-state index in [4.69, 9.17) is 0 Å². The molecule has 1 saturated carbocycles. The smallest absolute Gasteiger partial charge is 0.352 e. The van der Waals surface area contributed by atoms with Crippen molar-refractivity contribution in [3.05, 3.63) is 35.1 Å². The van der Waals surface area contributed by atoms with Crippen molar-refractivity contribution < 1.29 is 22.4 Å². The number of rotatable bonds is 3. The minimum Gasteiger partial charge on any atom is -0.352 e. The van der Waals surface area contributed by atoms with Crippen LogP contribution in [0.1, 0.15) is 29.3 Å². The Kier molecular flexibility index (Phi) is 3.52. The second kappa shape index (κ2) is 4.83. The lowest BCUT2D eigenvalue weighted by Crippen LogP contribution is -2.27. The van der Waals surface area contributed by atoms with E-state index in [2.05, 4.69) is 5.32 Å². The molecule has 0 spiro atoms. The molecule has 2 rings (SSSR count). The molecule has 0 heterocycles. The van der Waals surface area contributed by atoms with Gasteiger partial charge in [-0.2, -0.15) is 13.2 Å². The van der Waals surface area contributed by atoms with E-state index < -0.39 is 29.0 Å². The first-order valence-electron chi connectivity index (χ1n) is 5.94. The second-order valence-electron chi connectivity index (χ2n) is 4.88. The number of hydrogen-bond donors (Lipinski definition) is 1. The van der Waals surface area contributed by atoms with E-state index in [-0.39, 0.29) is 0 Å². The fourth-order valence-electron chi connectivity index (χ4n) is 1.88. The number of nitrogens with one attached hydrogen (secondary N) is 1. The third-order valence-corrected chi connectivity index (χ3v) is 3.34. The minimum absolute atomic E-state index is 0.345. The molecule has 1 fully saturated rings. The van der Waals surface area contributed by atoms with Gasteiger partial charge in [-0.3, -0.25) is 4.79 Å². The summed E-state index contributed by atoms with van der Waals surface area (Å²) in [6, 6.07) is 1.83. The summed E-state index contributed by atoms with van der Waals surface area (Å²) in [5.74, 6) is -0.901. The van der Waals surface area contributed by atoms with E-state index in [0.29, 0.717) is 36.6 Å². The Balaban J connectivity index is 2.11. The van der Waals surface area contributed by atoms with Gasteiger partial charge in [0.2, 0.25) is 0 Å². The van der Waals surface area contributed by atoms with Gasteiger partial charge in [-0.25, -0.2) is 4.39 Å². The molecule has 1 aromatic carbocycles. The molecule has 6 heteroatoms. The average Bonchev–Trinajstić information content (AvgIpc) is 3.01. The van der Waals surface area contributed by atoms with Gasteiger partial charge in [0.05, 0.1) is 11.1 Å². The molecule has 0 radical (unpaired) electrons. The van der Waals surface area contributed by atoms with Crippen LogP contribution in [-0.4, -0.2) is 12.5 Å². The quantitative estimate of drug-likeness (QED) is 0.843. The number of halogens is 4. The van der Waals surface area contributed by atoms with Crippen LogP contribution in [0.3, 0.4) is 0 Å². The van der Waals surface area contributed by atoms with E-state index in [1.165, 1.54) is 0 Å². The molecule has 0 saturated heterocycles. The lowest BCUT2D eigenvalue weighted by Gasteiger charge is -2.10.